The lowest BCUT2D eigenvalue weighted by Crippen LogP contribution is -2.31. The van der Waals surface area contributed by atoms with Gasteiger partial charge in [-0.05, 0) is 92.2 Å². The highest BCUT2D eigenvalue weighted by molar-refractivity contribution is 6.13. The van der Waals surface area contributed by atoms with E-state index in [1.54, 1.807) is 16.7 Å². The molecule has 0 radical (unpaired) electrons. The van der Waals surface area contributed by atoms with Gasteiger partial charge in [-0.1, -0.05) is 61.7 Å². The SMILES string of the molecule is Cc1cc(-c2c(C)ccc3c2oc2c(-c4ccc(C5CCCCC5)c5c4CCC5)cccc23)[n+](C)cc1C. The van der Waals surface area contributed by atoms with Crippen molar-refractivity contribution in [2.24, 2.45) is 7.05 Å². The number of furan rings is 1. The Morgan fingerprint density at radius 2 is 1.50 bits per heavy atom. The largest absolute Gasteiger partial charge is 0.454 e. The molecule has 0 atom stereocenters. The summed E-state index contributed by atoms with van der Waals surface area (Å²) in [5, 5.41) is 2.42. The maximum Gasteiger partial charge on any atom is 0.216 e. The molecule has 192 valence electrons. The van der Waals surface area contributed by atoms with E-state index >= 15 is 0 Å². The van der Waals surface area contributed by atoms with Gasteiger partial charge >= 0.3 is 0 Å². The van der Waals surface area contributed by atoms with Crippen molar-refractivity contribution in [3.8, 4) is 22.4 Å². The molecule has 0 aliphatic heterocycles. The molecule has 0 spiro atoms. The molecular weight excluding hydrogens is 462 g/mol. The lowest BCUT2D eigenvalue weighted by Gasteiger charge is -2.25. The van der Waals surface area contributed by atoms with Crippen LogP contribution in [-0.4, -0.2) is 0 Å². The summed E-state index contributed by atoms with van der Waals surface area (Å²) >= 11 is 0. The Kier molecular flexibility index (Phi) is 5.69. The topological polar surface area (TPSA) is 17.0 Å². The highest BCUT2D eigenvalue weighted by Gasteiger charge is 2.27. The lowest BCUT2D eigenvalue weighted by molar-refractivity contribution is -0.660. The molecule has 0 unspecified atom stereocenters. The second kappa shape index (κ2) is 9.12. The summed E-state index contributed by atoms with van der Waals surface area (Å²) in [7, 11) is 2.14. The predicted molar refractivity (Wildman–Crippen MR) is 158 cm³/mol. The molecule has 1 saturated carbocycles. The van der Waals surface area contributed by atoms with Gasteiger partial charge in [0.1, 0.15) is 18.2 Å². The summed E-state index contributed by atoms with van der Waals surface area (Å²) in [5.74, 6) is 0.760. The van der Waals surface area contributed by atoms with Gasteiger partial charge in [0.15, 0.2) is 6.20 Å². The standard InChI is InChI=1S/C36H38NO/c1-22-16-17-32-31-15-9-14-30(35(31)38-36(32)34(22)33-20-23(2)24(3)21-37(33)4)29-19-18-26(25-10-6-5-7-11-25)27-12-8-13-28(27)29/h9,14-21,25H,5-8,10-13H2,1-4H3/q+1. The predicted octanol–water partition coefficient (Wildman–Crippen LogP) is 9.21. The van der Waals surface area contributed by atoms with Crippen LogP contribution < -0.4 is 4.57 Å². The number of benzene rings is 3. The van der Waals surface area contributed by atoms with Gasteiger partial charge in [0.25, 0.3) is 0 Å². The summed E-state index contributed by atoms with van der Waals surface area (Å²) in [5.41, 5.74) is 15.8. The fourth-order valence-corrected chi connectivity index (χ4v) is 7.40. The fraction of sp³-hybridized carbons (Fsp3) is 0.361. The highest BCUT2D eigenvalue weighted by Crippen LogP contribution is 2.45. The second-order valence-electron chi connectivity index (χ2n) is 11.9. The van der Waals surface area contributed by atoms with Gasteiger partial charge in [0.2, 0.25) is 5.69 Å². The Balaban J connectivity index is 1.44. The van der Waals surface area contributed by atoms with Crippen molar-refractivity contribution in [2.45, 2.75) is 78.1 Å². The maximum atomic E-state index is 6.92. The smallest absolute Gasteiger partial charge is 0.216 e. The number of aryl methyl sites for hydroxylation is 4. The van der Waals surface area contributed by atoms with Crippen LogP contribution in [0.15, 0.2) is 59.1 Å². The number of nitrogens with zero attached hydrogens (tertiary/aromatic N) is 1. The fourth-order valence-electron chi connectivity index (χ4n) is 7.40. The van der Waals surface area contributed by atoms with E-state index in [9.17, 15) is 0 Å². The molecule has 2 heterocycles. The van der Waals surface area contributed by atoms with E-state index in [-0.39, 0.29) is 0 Å². The average molecular weight is 501 g/mol. The molecule has 2 aromatic heterocycles. The molecule has 3 aromatic carbocycles. The Bertz CT molecular complexity index is 1710. The average Bonchev–Trinajstić information content (AvgIpc) is 3.56. The second-order valence-corrected chi connectivity index (χ2v) is 11.9. The molecule has 1 fully saturated rings. The van der Waals surface area contributed by atoms with Crippen LogP contribution in [0.3, 0.4) is 0 Å². The summed E-state index contributed by atoms with van der Waals surface area (Å²) in [6.07, 6.45) is 12.8. The molecule has 0 bridgehead atoms. The van der Waals surface area contributed by atoms with E-state index in [1.165, 1.54) is 101 Å². The zero-order valence-electron chi connectivity index (χ0n) is 23.3. The number of para-hydroxylation sites is 1. The van der Waals surface area contributed by atoms with Gasteiger partial charge in [-0.15, -0.1) is 0 Å². The van der Waals surface area contributed by atoms with Crippen LogP contribution in [0, 0.1) is 20.8 Å². The molecule has 2 nitrogen and oxygen atoms in total. The summed E-state index contributed by atoms with van der Waals surface area (Å²) in [6.45, 7) is 6.58. The van der Waals surface area contributed by atoms with Crippen LogP contribution in [-0.2, 0) is 19.9 Å². The first-order valence-corrected chi connectivity index (χ1v) is 14.6. The molecule has 0 saturated heterocycles. The normalized spacial score (nSPS) is 16.0. The number of aromatic nitrogens is 1. The summed E-state index contributed by atoms with van der Waals surface area (Å²) in [4.78, 5) is 0. The van der Waals surface area contributed by atoms with Gasteiger partial charge in [0, 0.05) is 28.0 Å². The quantitative estimate of drug-likeness (QED) is 0.226. The van der Waals surface area contributed by atoms with Crippen molar-refractivity contribution in [2.75, 3.05) is 0 Å². The molecule has 2 heteroatoms. The van der Waals surface area contributed by atoms with E-state index in [4.69, 9.17) is 4.42 Å². The molecule has 5 aromatic rings. The van der Waals surface area contributed by atoms with Crippen LogP contribution in [0.2, 0.25) is 0 Å². The van der Waals surface area contributed by atoms with E-state index in [2.05, 4.69) is 87.1 Å². The van der Waals surface area contributed by atoms with Gasteiger partial charge in [-0.2, -0.15) is 0 Å². The van der Waals surface area contributed by atoms with Crippen molar-refractivity contribution < 1.29 is 8.98 Å². The molecule has 2 aliphatic rings. The van der Waals surface area contributed by atoms with E-state index in [1.807, 2.05) is 0 Å². The molecular formula is C36H38NO+. The number of hydrogen-bond donors (Lipinski definition) is 0. The third kappa shape index (κ3) is 3.64. The zero-order chi connectivity index (χ0) is 26.0. The minimum Gasteiger partial charge on any atom is -0.454 e. The number of pyridine rings is 1. The molecule has 38 heavy (non-hydrogen) atoms. The minimum atomic E-state index is 0.760. The highest BCUT2D eigenvalue weighted by atomic mass is 16.3. The number of fused-ring (bicyclic) bond motifs is 4. The van der Waals surface area contributed by atoms with E-state index < -0.39 is 0 Å². The first-order chi connectivity index (χ1) is 18.5. The first-order valence-electron chi connectivity index (χ1n) is 14.6. The van der Waals surface area contributed by atoms with Gasteiger partial charge in [0.05, 0.1) is 5.56 Å². The minimum absolute atomic E-state index is 0.760. The third-order valence-corrected chi connectivity index (χ3v) is 9.53. The van der Waals surface area contributed by atoms with Crippen molar-refractivity contribution in [3.63, 3.8) is 0 Å². The zero-order valence-corrected chi connectivity index (χ0v) is 23.3. The number of rotatable bonds is 3. The van der Waals surface area contributed by atoms with Crippen LogP contribution in [0.5, 0.6) is 0 Å². The molecule has 7 rings (SSSR count). The lowest BCUT2D eigenvalue weighted by atomic mass is 9.80. The monoisotopic (exact) mass is 500 g/mol. The van der Waals surface area contributed by atoms with Crippen molar-refractivity contribution >= 4 is 21.9 Å². The molecule has 0 N–H and O–H groups in total. The van der Waals surface area contributed by atoms with Crippen LogP contribution in [0.4, 0.5) is 0 Å². The summed E-state index contributed by atoms with van der Waals surface area (Å²) < 4.78 is 9.17. The Hall–Kier alpha value is -3.39. The van der Waals surface area contributed by atoms with Crippen molar-refractivity contribution in [1.29, 1.82) is 0 Å². The van der Waals surface area contributed by atoms with Crippen LogP contribution >= 0.6 is 0 Å². The van der Waals surface area contributed by atoms with Gasteiger partial charge < -0.3 is 4.42 Å². The van der Waals surface area contributed by atoms with Crippen molar-refractivity contribution in [1.82, 2.24) is 0 Å². The Morgan fingerprint density at radius 1 is 0.711 bits per heavy atom. The van der Waals surface area contributed by atoms with Crippen molar-refractivity contribution in [3.05, 3.63) is 88.1 Å². The van der Waals surface area contributed by atoms with E-state index in [0.717, 1.165) is 17.1 Å². The maximum absolute atomic E-state index is 6.92. The molecule has 0 amide bonds. The number of hydrogen-bond acceptors (Lipinski definition) is 1. The van der Waals surface area contributed by atoms with Gasteiger partial charge in [-0.25, -0.2) is 4.57 Å². The van der Waals surface area contributed by atoms with E-state index in [0.29, 0.717) is 0 Å². The summed E-state index contributed by atoms with van der Waals surface area (Å²) in [6, 6.07) is 18.4. The first kappa shape index (κ1) is 23.7. The van der Waals surface area contributed by atoms with Gasteiger partial charge in [-0.3, -0.25) is 0 Å². The van der Waals surface area contributed by atoms with Crippen LogP contribution in [0.25, 0.3) is 44.3 Å². The Morgan fingerprint density at radius 3 is 2.34 bits per heavy atom. The third-order valence-electron chi connectivity index (χ3n) is 9.53. The Labute approximate surface area is 226 Å². The molecule has 2 aliphatic carbocycles. The van der Waals surface area contributed by atoms with Crippen LogP contribution in [0.1, 0.15) is 77.8 Å².